The van der Waals surface area contributed by atoms with Gasteiger partial charge in [-0.25, -0.2) is 0 Å². The minimum atomic E-state index is -0.105. The smallest absolute Gasteiger partial charge is 0.203 e. The van der Waals surface area contributed by atoms with Gasteiger partial charge in [-0.2, -0.15) is 0 Å². The predicted octanol–water partition coefficient (Wildman–Crippen LogP) is 2.47. The largest absolute Gasteiger partial charge is 0.493 e. The number of methoxy groups -OCH3 is 3. The maximum absolute atomic E-state index is 11.7. The Balaban J connectivity index is 3.31. The fraction of sp³-hybridized carbons (Fsp3) is 0.308. The lowest BCUT2D eigenvalue weighted by Gasteiger charge is -2.13. The van der Waals surface area contributed by atoms with Crippen molar-refractivity contribution in [1.82, 2.24) is 0 Å². The summed E-state index contributed by atoms with van der Waals surface area (Å²) in [4.78, 5) is 11.7. The maximum Gasteiger partial charge on any atom is 0.203 e. The number of ether oxygens (including phenoxy) is 3. The van der Waals surface area contributed by atoms with Gasteiger partial charge in [-0.3, -0.25) is 4.79 Å². The second-order valence-electron chi connectivity index (χ2n) is 3.28. The maximum atomic E-state index is 11.7. The molecule has 0 aliphatic carbocycles. The van der Waals surface area contributed by atoms with Crippen molar-refractivity contribution in [3.63, 3.8) is 0 Å². The van der Waals surface area contributed by atoms with Gasteiger partial charge in [-0.05, 0) is 25.1 Å². The molecule has 0 spiro atoms. The minimum absolute atomic E-state index is 0.105. The molecule has 0 aliphatic rings. The van der Waals surface area contributed by atoms with Crippen LogP contribution in [0.1, 0.15) is 17.3 Å². The molecule has 0 radical (unpaired) electrons. The number of carbonyl (C=O) groups excluding carboxylic acids is 1. The van der Waals surface area contributed by atoms with Gasteiger partial charge in [0.05, 0.1) is 21.3 Å². The van der Waals surface area contributed by atoms with Crippen LogP contribution < -0.4 is 14.2 Å². The van der Waals surface area contributed by atoms with E-state index in [1.807, 2.05) is 0 Å². The van der Waals surface area contributed by atoms with Crippen molar-refractivity contribution in [1.29, 1.82) is 0 Å². The molecule has 0 saturated carbocycles. The third-order valence-corrected chi connectivity index (χ3v) is 2.27. The molecule has 0 atom stereocenters. The Labute approximate surface area is 101 Å². The second kappa shape index (κ2) is 5.94. The van der Waals surface area contributed by atoms with Crippen molar-refractivity contribution < 1.29 is 19.0 Å². The number of hydrogen-bond donors (Lipinski definition) is 0. The average Bonchev–Trinajstić information content (AvgIpc) is 2.37. The molecule has 0 fully saturated rings. The minimum Gasteiger partial charge on any atom is -0.493 e. The van der Waals surface area contributed by atoms with Gasteiger partial charge >= 0.3 is 0 Å². The summed E-state index contributed by atoms with van der Waals surface area (Å²) in [5.41, 5.74) is 0.498. The zero-order valence-electron chi connectivity index (χ0n) is 10.4. The summed E-state index contributed by atoms with van der Waals surface area (Å²) in [7, 11) is 4.55. The standard InChI is InChI=1S/C13H16O4/c1-5-6-10(14)9-7-11(15-2)13(17-4)12(8-9)16-3/h5-8H,1-4H3. The zero-order valence-corrected chi connectivity index (χ0v) is 10.4. The van der Waals surface area contributed by atoms with E-state index in [4.69, 9.17) is 14.2 Å². The molecule has 92 valence electrons. The van der Waals surface area contributed by atoms with Crippen molar-refractivity contribution >= 4 is 5.78 Å². The van der Waals surface area contributed by atoms with Crippen LogP contribution in [0, 0.1) is 0 Å². The second-order valence-corrected chi connectivity index (χ2v) is 3.28. The lowest BCUT2D eigenvalue weighted by Crippen LogP contribution is -2.00. The molecule has 0 unspecified atom stereocenters. The average molecular weight is 236 g/mol. The SMILES string of the molecule is CC=CC(=O)c1cc(OC)c(OC)c(OC)c1. The van der Waals surface area contributed by atoms with Crippen LogP contribution in [-0.4, -0.2) is 27.1 Å². The molecule has 4 heteroatoms. The Kier molecular flexibility index (Phi) is 4.57. The summed E-state index contributed by atoms with van der Waals surface area (Å²) in [5.74, 6) is 1.32. The molecule has 1 rings (SSSR count). The highest BCUT2D eigenvalue weighted by Crippen LogP contribution is 2.38. The van der Waals surface area contributed by atoms with Crippen LogP contribution in [0.15, 0.2) is 24.3 Å². The molecule has 0 amide bonds. The van der Waals surface area contributed by atoms with Crippen LogP contribution in [0.3, 0.4) is 0 Å². The molecule has 0 saturated heterocycles. The highest BCUT2D eigenvalue weighted by Gasteiger charge is 2.15. The van der Waals surface area contributed by atoms with E-state index in [1.165, 1.54) is 27.4 Å². The fourth-order valence-corrected chi connectivity index (χ4v) is 1.47. The normalized spacial score (nSPS) is 10.4. The summed E-state index contributed by atoms with van der Waals surface area (Å²) in [5, 5.41) is 0. The van der Waals surface area contributed by atoms with Crippen LogP contribution in [-0.2, 0) is 0 Å². The van der Waals surface area contributed by atoms with E-state index < -0.39 is 0 Å². The van der Waals surface area contributed by atoms with Crippen LogP contribution >= 0.6 is 0 Å². The highest BCUT2D eigenvalue weighted by molar-refractivity contribution is 6.05. The third kappa shape index (κ3) is 2.78. The Hall–Kier alpha value is -1.97. The molecule has 1 aromatic carbocycles. The van der Waals surface area contributed by atoms with E-state index in [0.29, 0.717) is 22.8 Å². The number of ketones is 1. The monoisotopic (exact) mass is 236 g/mol. The Morgan fingerprint density at radius 2 is 1.59 bits per heavy atom. The number of allylic oxidation sites excluding steroid dienone is 2. The van der Waals surface area contributed by atoms with Gasteiger partial charge in [0.2, 0.25) is 5.75 Å². The van der Waals surface area contributed by atoms with Crippen molar-refractivity contribution in [3.8, 4) is 17.2 Å². The summed E-state index contributed by atoms with van der Waals surface area (Å²) >= 11 is 0. The Morgan fingerprint density at radius 1 is 1.06 bits per heavy atom. The molecule has 1 aromatic rings. The van der Waals surface area contributed by atoms with E-state index >= 15 is 0 Å². The van der Waals surface area contributed by atoms with E-state index in [-0.39, 0.29) is 5.78 Å². The van der Waals surface area contributed by atoms with Crippen molar-refractivity contribution in [2.45, 2.75) is 6.92 Å². The van der Waals surface area contributed by atoms with Crippen molar-refractivity contribution in [2.24, 2.45) is 0 Å². The zero-order chi connectivity index (χ0) is 12.8. The van der Waals surface area contributed by atoms with Gasteiger partial charge in [-0.1, -0.05) is 6.08 Å². The summed E-state index contributed by atoms with van der Waals surface area (Å²) in [6.45, 7) is 1.79. The Morgan fingerprint density at radius 3 is 1.94 bits per heavy atom. The van der Waals surface area contributed by atoms with Crippen LogP contribution in [0.2, 0.25) is 0 Å². The molecular formula is C13H16O4. The summed E-state index contributed by atoms with van der Waals surface area (Å²) in [6.07, 6.45) is 3.17. The van der Waals surface area contributed by atoms with E-state index in [1.54, 1.807) is 25.1 Å². The van der Waals surface area contributed by atoms with Gasteiger partial charge in [0.25, 0.3) is 0 Å². The summed E-state index contributed by atoms with van der Waals surface area (Å²) in [6, 6.07) is 3.26. The van der Waals surface area contributed by atoms with Crippen LogP contribution in [0.4, 0.5) is 0 Å². The topological polar surface area (TPSA) is 44.8 Å². The van der Waals surface area contributed by atoms with Gasteiger partial charge in [0, 0.05) is 5.56 Å². The third-order valence-electron chi connectivity index (χ3n) is 2.27. The molecule has 0 heterocycles. The number of benzene rings is 1. The van der Waals surface area contributed by atoms with Crippen LogP contribution in [0.5, 0.6) is 17.2 Å². The van der Waals surface area contributed by atoms with Crippen molar-refractivity contribution in [3.05, 3.63) is 29.8 Å². The molecule has 0 N–H and O–H groups in total. The predicted molar refractivity (Wildman–Crippen MR) is 65.2 cm³/mol. The quantitative estimate of drug-likeness (QED) is 0.582. The molecule has 0 bridgehead atoms. The van der Waals surface area contributed by atoms with E-state index in [9.17, 15) is 4.79 Å². The molecule has 0 aliphatic heterocycles. The first-order chi connectivity index (χ1) is 8.17. The fourth-order valence-electron chi connectivity index (χ4n) is 1.47. The van der Waals surface area contributed by atoms with Crippen LogP contribution in [0.25, 0.3) is 0 Å². The van der Waals surface area contributed by atoms with Crippen molar-refractivity contribution in [2.75, 3.05) is 21.3 Å². The lowest BCUT2D eigenvalue weighted by molar-refractivity contribution is 0.104. The first kappa shape index (κ1) is 13.1. The highest BCUT2D eigenvalue weighted by atomic mass is 16.5. The van der Waals surface area contributed by atoms with E-state index in [0.717, 1.165) is 0 Å². The lowest BCUT2D eigenvalue weighted by atomic mass is 10.1. The molecule has 4 nitrogen and oxygen atoms in total. The van der Waals surface area contributed by atoms with Gasteiger partial charge < -0.3 is 14.2 Å². The first-order valence-corrected chi connectivity index (χ1v) is 5.15. The van der Waals surface area contributed by atoms with Gasteiger partial charge in [0.1, 0.15) is 0 Å². The number of rotatable bonds is 5. The first-order valence-electron chi connectivity index (χ1n) is 5.15. The van der Waals surface area contributed by atoms with Gasteiger partial charge in [0.15, 0.2) is 17.3 Å². The Bertz CT molecular complexity index is 410. The molecular weight excluding hydrogens is 220 g/mol. The molecule has 17 heavy (non-hydrogen) atoms. The van der Waals surface area contributed by atoms with E-state index in [2.05, 4.69) is 0 Å². The molecule has 0 aromatic heterocycles. The van der Waals surface area contributed by atoms with Gasteiger partial charge in [-0.15, -0.1) is 0 Å². The number of hydrogen-bond acceptors (Lipinski definition) is 4. The number of carbonyl (C=O) groups is 1. The summed E-state index contributed by atoms with van der Waals surface area (Å²) < 4.78 is 15.5.